The molecular formula is C33H49N3O4S. The van der Waals surface area contributed by atoms with Gasteiger partial charge in [-0.1, -0.05) is 93.1 Å². The first-order valence-electron chi connectivity index (χ1n) is 14.8. The van der Waals surface area contributed by atoms with Crippen molar-refractivity contribution >= 4 is 30.5 Å². The van der Waals surface area contributed by atoms with Gasteiger partial charge in [0.25, 0.3) is 0 Å². The van der Waals surface area contributed by atoms with Crippen molar-refractivity contribution in [2.45, 2.75) is 104 Å². The van der Waals surface area contributed by atoms with Crippen LogP contribution in [0.5, 0.6) is 0 Å². The lowest BCUT2D eigenvalue weighted by molar-refractivity contribution is -0.142. The SMILES string of the molecule is CCCCCCCCN(C(=O)C(CS)NC(=O)OC(C)(C)C)C(C(=O)NCc1ccccc1)c1ccc(C)cc1C. The van der Waals surface area contributed by atoms with Gasteiger partial charge in [0.2, 0.25) is 11.8 Å². The van der Waals surface area contributed by atoms with Crippen LogP contribution >= 0.6 is 12.6 Å². The number of carbonyl (C=O) groups excluding carboxylic acids is 3. The van der Waals surface area contributed by atoms with E-state index in [2.05, 4.69) is 30.2 Å². The van der Waals surface area contributed by atoms with Crippen molar-refractivity contribution in [2.75, 3.05) is 12.3 Å². The number of thiol groups is 1. The highest BCUT2D eigenvalue weighted by Gasteiger charge is 2.36. The van der Waals surface area contributed by atoms with Gasteiger partial charge in [-0.2, -0.15) is 12.6 Å². The lowest BCUT2D eigenvalue weighted by Gasteiger charge is -2.35. The highest BCUT2D eigenvalue weighted by Crippen LogP contribution is 2.27. The van der Waals surface area contributed by atoms with Crippen LogP contribution in [0.3, 0.4) is 0 Å². The standard InChI is InChI=1S/C33H49N3O4S/c1-7-8-9-10-11-15-20-36(31(38)28(23-41)35-32(39)40-33(4,5)6)29(27-19-18-24(2)21-25(27)3)30(37)34-22-26-16-13-12-14-17-26/h12-14,16-19,21,28-29,41H,7-11,15,20,22-23H2,1-6H3,(H,34,37)(H,35,39). The zero-order valence-corrected chi connectivity index (χ0v) is 26.6. The predicted molar refractivity (Wildman–Crippen MR) is 169 cm³/mol. The molecule has 0 aliphatic rings. The number of nitrogens with one attached hydrogen (secondary N) is 2. The summed E-state index contributed by atoms with van der Waals surface area (Å²) in [6.07, 6.45) is 5.53. The van der Waals surface area contributed by atoms with Crippen LogP contribution in [0.2, 0.25) is 0 Å². The second kappa shape index (κ2) is 17.1. The quantitative estimate of drug-likeness (QED) is 0.161. The number of amides is 3. The molecule has 0 aliphatic carbocycles. The van der Waals surface area contributed by atoms with Gasteiger partial charge >= 0.3 is 6.09 Å². The van der Waals surface area contributed by atoms with E-state index in [9.17, 15) is 14.4 Å². The number of unbranched alkanes of at least 4 members (excludes halogenated alkanes) is 5. The summed E-state index contributed by atoms with van der Waals surface area (Å²) < 4.78 is 5.41. The fraction of sp³-hybridized carbons (Fsp3) is 0.545. The molecule has 0 fully saturated rings. The Labute approximate surface area is 252 Å². The first-order chi connectivity index (χ1) is 19.5. The summed E-state index contributed by atoms with van der Waals surface area (Å²) in [5, 5.41) is 5.75. The molecule has 0 aromatic heterocycles. The number of hydrogen-bond donors (Lipinski definition) is 3. The molecule has 0 saturated heterocycles. The van der Waals surface area contributed by atoms with Crippen LogP contribution in [0.4, 0.5) is 4.79 Å². The van der Waals surface area contributed by atoms with Gasteiger partial charge < -0.3 is 20.3 Å². The zero-order chi connectivity index (χ0) is 30.4. The van der Waals surface area contributed by atoms with Crippen molar-refractivity contribution in [2.24, 2.45) is 0 Å². The van der Waals surface area contributed by atoms with E-state index in [4.69, 9.17) is 4.74 Å². The average molecular weight is 584 g/mol. The maximum atomic E-state index is 14.1. The molecule has 0 radical (unpaired) electrons. The minimum absolute atomic E-state index is 0.0658. The lowest BCUT2D eigenvalue weighted by atomic mass is 9.96. The van der Waals surface area contributed by atoms with Crippen LogP contribution in [0.15, 0.2) is 48.5 Å². The summed E-state index contributed by atoms with van der Waals surface area (Å²) >= 11 is 4.40. The van der Waals surface area contributed by atoms with E-state index in [1.165, 1.54) is 6.42 Å². The molecule has 8 heteroatoms. The van der Waals surface area contributed by atoms with Gasteiger partial charge in [-0.3, -0.25) is 9.59 Å². The third kappa shape index (κ3) is 11.8. The number of carbonyl (C=O) groups is 3. The molecule has 0 heterocycles. The van der Waals surface area contributed by atoms with E-state index < -0.39 is 23.8 Å². The van der Waals surface area contributed by atoms with Gasteiger partial charge in [0, 0.05) is 18.8 Å². The highest BCUT2D eigenvalue weighted by atomic mass is 32.1. The number of hydrogen-bond acceptors (Lipinski definition) is 5. The molecule has 2 rings (SSSR count). The Morgan fingerprint density at radius 1 is 0.951 bits per heavy atom. The molecular weight excluding hydrogens is 534 g/mol. The maximum Gasteiger partial charge on any atom is 0.408 e. The Morgan fingerprint density at radius 2 is 1.61 bits per heavy atom. The second-order valence-corrected chi connectivity index (χ2v) is 12.0. The molecule has 226 valence electrons. The Balaban J connectivity index is 2.43. The smallest absolute Gasteiger partial charge is 0.408 e. The van der Waals surface area contributed by atoms with E-state index in [1.807, 2.05) is 62.4 Å². The normalized spacial score (nSPS) is 12.8. The fourth-order valence-corrected chi connectivity index (χ4v) is 4.98. The number of alkyl carbamates (subject to hydrolysis) is 1. The van der Waals surface area contributed by atoms with Crippen LogP contribution in [0.1, 0.15) is 94.5 Å². The average Bonchev–Trinajstić information content (AvgIpc) is 2.91. The third-order valence-electron chi connectivity index (χ3n) is 6.80. The Kier molecular flexibility index (Phi) is 14.2. The van der Waals surface area contributed by atoms with Gasteiger partial charge in [0.05, 0.1) is 0 Å². The lowest BCUT2D eigenvalue weighted by Crippen LogP contribution is -2.54. The summed E-state index contributed by atoms with van der Waals surface area (Å²) in [6.45, 7) is 12.2. The summed E-state index contributed by atoms with van der Waals surface area (Å²) in [6, 6.07) is 13.8. The molecule has 41 heavy (non-hydrogen) atoms. The maximum absolute atomic E-state index is 14.1. The monoisotopic (exact) mass is 583 g/mol. The van der Waals surface area contributed by atoms with E-state index >= 15 is 0 Å². The van der Waals surface area contributed by atoms with Gasteiger partial charge in [-0.25, -0.2) is 4.79 Å². The summed E-state index contributed by atoms with van der Waals surface area (Å²) in [5.41, 5.74) is 3.01. The highest BCUT2D eigenvalue weighted by molar-refractivity contribution is 7.80. The minimum atomic E-state index is -0.955. The Hall–Kier alpha value is -3.00. The van der Waals surface area contributed by atoms with Crippen molar-refractivity contribution < 1.29 is 19.1 Å². The van der Waals surface area contributed by atoms with Gasteiger partial charge in [0.1, 0.15) is 17.7 Å². The third-order valence-corrected chi connectivity index (χ3v) is 7.16. The predicted octanol–water partition coefficient (Wildman–Crippen LogP) is 6.67. The van der Waals surface area contributed by atoms with Crippen LogP contribution in [0, 0.1) is 13.8 Å². The summed E-state index contributed by atoms with van der Waals surface area (Å²) in [4.78, 5) is 42.3. The first-order valence-corrected chi connectivity index (χ1v) is 15.4. The minimum Gasteiger partial charge on any atom is -0.444 e. The van der Waals surface area contributed by atoms with E-state index in [-0.39, 0.29) is 17.6 Å². The number of nitrogens with zero attached hydrogens (tertiary/aromatic N) is 1. The van der Waals surface area contributed by atoms with Gasteiger partial charge in [-0.05, 0) is 57.7 Å². The van der Waals surface area contributed by atoms with Crippen molar-refractivity contribution in [1.29, 1.82) is 0 Å². The van der Waals surface area contributed by atoms with Crippen LogP contribution in [-0.4, -0.2) is 46.7 Å². The van der Waals surface area contributed by atoms with E-state index in [1.54, 1.807) is 25.7 Å². The number of benzene rings is 2. The summed E-state index contributed by atoms with van der Waals surface area (Å²) in [7, 11) is 0. The van der Waals surface area contributed by atoms with Crippen LogP contribution < -0.4 is 10.6 Å². The Bertz CT molecular complexity index is 1120. The van der Waals surface area contributed by atoms with E-state index in [0.717, 1.165) is 54.4 Å². The van der Waals surface area contributed by atoms with Gasteiger partial charge in [0.15, 0.2) is 0 Å². The van der Waals surface area contributed by atoms with Gasteiger partial charge in [-0.15, -0.1) is 0 Å². The van der Waals surface area contributed by atoms with Crippen molar-refractivity contribution in [1.82, 2.24) is 15.5 Å². The van der Waals surface area contributed by atoms with Crippen molar-refractivity contribution in [3.63, 3.8) is 0 Å². The Morgan fingerprint density at radius 3 is 2.22 bits per heavy atom. The zero-order valence-electron chi connectivity index (χ0n) is 25.7. The molecule has 2 N–H and O–H groups in total. The van der Waals surface area contributed by atoms with Crippen molar-refractivity contribution in [3.8, 4) is 0 Å². The molecule has 2 aromatic rings. The number of aryl methyl sites for hydroxylation is 2. The largest absolute Gasteiger partial charge is 0.444 e. The molecule has 2 aromatic carbocycles. The molecule has 2 atom stereocenters. The molecule has 2 unspecified atom stereocenters. The molecule has 3 amide bonds. The first kappa shape index (κ1) is 34.2. The topological polar surface area (TPSA) is 87.7 Å². The van der Waals surface area contributed by atoms with Crippen LogP contribution in [-0.2, 0) is 20.9 Å². The number of rotatable bonds is 15. The molecule has 0 bridgehead atoms. The van der Waals surface area contributed by atoms with Crippen LogP contribution in [0.25, 0.3) is 0 Å². The molecule has 0 saturated carbocycles. The second-order valence-electron chi connectivity index (χ2n) is 11.6. The summed E-state index contributed by atoms with van der Waals surface area (Å²) in [5.74, 6) is -0.564. The fourth-order valence-electron chi connectivity index (χ4n) is 4.73. The van der Waals surface area contributed by atoms with Crippen molar-refractivity contribution in [3.05, 3.63) is 70.8 Å². The molecule has 0 aliphatic heterocycles. The number of ether oxygens (including phenoxy) is 1. The molecule has 0 spiro atoms. The van der Waals surface area contributed by atoms with E-state index in [0.29, 0.717) is 13.1 Å². The molecule has 7 nitrogen and oxygen atoms in total.